The minimum Gasteiger partial charge on any atom is -0.393 e. The van der Waals surface area contributed by atoms with Gasteiger partial charge >= 0.3 is 0 Å². The van der Waals surface area contributed by atoms with Gasteiger partial charge in [-0.05, 0) is 13.3 Å². The van der Waals surface area contributed by atoms with E-state index < -0.39 is 0 Å². The predicted molar refractivity (Wildman–Crippen MR) is 50.3 cm³/mol. The molecule has 4 heteroatoms. The van der Waals surface area contributed by atoms with Crippen LogP contribution in [0.3, 0.4) is 0 Å². The van der Waals surface area contributed by atoms with Crippen molar-refractivity contribution in [1.29, 1.82) is 0 Å². The zero-order chi connectivity index (χ0) is 10.1. The Morgan fingerprint density at radius 1 is 1.62 bits per heavy atom. The molecule has 0 amide bonds. The van der Waals surface area contributed by atoms with Crippen molar-refractivity contribution in [3.63, 3.8) is 0 Å². The fraction of sp³-hybridized carbons (Fsp3) is 0.778. The van der Waals surface area contributed by atoms with Crippen LogP contribution in [0.15, 0.2) is 6.20 Å². The summed E-state index contributed by atoms with van der Waals surface area (Å²) in [6, 6.07) is 0. The minimum absolute atomic E-state index is 0.109. The molecule has 1 aromatic heterocycles. The summed E-state index contributed by atoms with van der Waals surface area (Å²) < 4.78 is 1.68. The van der Waals surface area contributed by atoms with E-state index in [-0.39, 0.29) is 11.5 Å². The van der Waals surface area contributed by atoms with Crippen molar-refractivity contribution >= 4 is 0 Å². The van der Waals surface area contributed by atoms with Gasteiger partial charge in [0, 0.05) is 18.7 Å². The van der Waals surface area contributed by atoms with Gasteiger partial charge < -0.3 is 5.11 Å². The number of hydrogen-bond donors (Lipinski definition) is 1. The van der Waals surface area contributed by atoms with Crippen molar-refractivity contribution < 1.29 is 5.11 Å². The van der Waals surface area contributed by atoms with Crippen LogP contribution in [0.5, 0.6) is 0 Å². The molecule has 1 aromatic rings. The highest BCUT2D eigenvalue weighted by Gasteiger charge is 2.25. The molecule has 1 rings (SSSR count). The fourth-order valence-corrected chi connectivity index (χ4v) is 1.50. The van der Waals surface area contributed by atoms with Crippen LogP contribution in [0, 0.1) is 0 Å². The van der Waals surface area contributed by atoms with Crippen LogP contribution in [-0.2, 0) is 12.5 Å². The first kappa shape index (κ1) is 10.2. The molecule has 1 heterocycles. The number of aromatic nitrogens is 3. The van der Waals surface area contributed by atoms with E-state index in [1.807, 2.05) is 13.2 Å². The monoisotopic (exact) mass is 183 g/mol. The van der Waals surface area contributed by atoms with Gasteiger partial charge in [0.05, 0.1) is 11.8 Å². The number of rotatable bonds is 3. The first-order valence-electron chi connectivity index (χ1n) is 4.47. The molecule has 1 unspecified atom stereocenters. The Hall–Kier alpha value is -0.900. The summed E-state index contributed by atoms with van der Waals surface area (Å²) in [4.78, 5) is 0. The maximum Gasteiger partial charge on any atom is 0.0884 e. The molecule has 0 aliphatic carbocycles. The van der Waals surface area contributed by atoms with E-state index in [4.69, 9.17) is 0 Å². The van der Waals surface area contributed by atoms with Crippen molar-refractivity contribution in [2.45, 2.75) is 38.7 Å². The highest BCUT2D eigenvalue weighted by Crippen LogP contribution is 2.25. The van der Waals surface area contributed by atoms with Crippen LogP contribution in [-0.4, -0.2) is 26.2 Å². The number of aliphatic hydroxyl groups excluding tert-OH is 1. The van der Waals surface area contributed by atoms with Crippen molar-refractivity contribution in [2.24, 2.45) is 7.05 Å². The average Bonchev–Trinajstić information content (AvgIpc) is 2.32. The second kappa shape index (κ2) is 3.46. The SMILES string of the molecule is CC(O)CC(C)(C)c1cn(C)nn1. The van der Waals surface area contributed by atoms with Gasteiger partial charge in [0.15, 0.2) is 0 Å². The van der Waals surface area contributed by atoms with Gasteiger partial charge in [-0.1, -0.05) is 19.1 Å². The molecule has 0 bridgehead atoms. The fourth-order valence-electron chi connectivity index (χ4n) is 1.50. The topological polar surface area (TPSA) is 50.9 Å². The summed E-state index contributed by atoms with van der Waals surface area (Å²) in [5.41, 5.74) is 0.818. The molecule has 0 aliphatic rings. The summed E-state index contributed by atoms with van der Waals surface area (Å²) in [5.74, 6) is 0. The second-order valence-corrected chi connectivity index (χ2v) is 4.21. The summed E-state index contributed by atoms with van der Waals surface area (Å²) in [7, 11) is 1.84. The van der Waals surface area contributed by atoms with Gasteiger partial charge in [0.2, 0.25) is 0 Å². The van der Waals surface area contributed by atoms with Crippen LogP contribution in [0.25, 0.3) is 0 Å². The summed E-state index contributed by atoms with van der Waals surface area (Å²) in [5, 5.41) is 17.2. The maximum atomic E-state index is 9.30. The average molecular weight is 183 g/mol. The molecule has 4 nitrogen and oxygen atoms in total. The highest BCUT2D eigenvalue weighted by atomic mass is 16.3. The Morgan fingerprint density at radius 2 is 2.23 bits per heavy atom. The van der Waals surface area contributed by atoms with E-state index in [2.05, 4.69) is 24.2 Å². The van der Waals surface area contributed by atoms with Crippen molar-refractivity contribution in [2.75, 3.05) is 0 Å². The molecular formula is C9H17N3O. The molecule has 13 heavy (non-hydrogen) atoms. The summed E-state index contributed by atoms with van der Waals surface area (Å²) >= 11 is 0. The van der Waals surface area contributed by atoms with Crippen molar-refractivity contribution in [3.8, 4) is 0 Å². The van der Waals surface area contributed by atoms with E-state index in [1.54, 1.807) is 11.6 Å². The Balaban J connectivity index is 2.80. The van der Waals surface area contributed by atoms with Crippen LogP contribution >= 0.6 is 0 Å². The standard InChI is InChI=1S/C9H17N3O/c1-7(13)5-9(2,3)8-6-12(4)11-10-8/h6-7,13H,5H2,1-4H3. The Kier molecular flexibility index (Phi) is 2.71. The lowest BCUT2D eigenvalue weighted by Gasteiger charge is -2.22. The van der Waals surface area contributed by atoms with Gasteiger partial charge in [-0.15, -0.1) is 5.10 Å². The molecule has 0 aliphatic heterocycles. The van der Waals surface area contributed by atoms with Gasteiger partial charge in [0.1, 0.15) is 0 Å². The molecule has 0 saturated heterocycles. The lowest BCUT2D eigenvalue weighted by molar-refractivity contribution is 0.155. The van der Waals surface area contributed by atoms with Crippen molar-refractivity contribution in [3.05, 3.63) is 11.9 Å². The van der Waals surface area contributed by atoms with Crippen LogP contribution in [0.4, 0.5) is 0 Å². The van der Waals surface area contributed by atoms with E-state index in [0.29, 0.717) is 6.42 Å². The summed E-state index contributed by atoms with van der Waals surface area (Å²) in [6.07, 6.45) is 2.28. The number of hydrogen-bond acceptors (Lipinski definition) is 3. The van der Waals surface area contributed by atoms with Crippen LogP contribution in [0.1, 0.15) is 32.9 Å². The molecule has 0 saturated carbocycles. The summed E-state index contributed by atoms with van der Waals surface area (Å²) in [6.45, 7) is 5.91. The largest absolute Gasteiger partial charge is 0.393 e. The van der Waals surface area contributed by atoms with Crippen LogP contribution < -0.4 is 0 Å². The highest BCUT2D eigenvalue weighted by molar-refractivity contribution is 5.08. The van der Waals surface area contributed by atoms with Gasteiger partial charge in [-0.3, -0.25) is 4.68 Å². The molecule has 0 fully saturated rings. The Morgan fingerprint density at radius 3 is 2.62 bits per heavy atom. The molecule has 1 N–H and O–H groups in total. The molecule has 0 aromatic carbocycles. The zero-order valence-electron chi connectivity index (χ0n) is 8.65. The number of nitrogens with zero attached hydrogens (tertiary/aromatic N) is 3. The Labute approximate surface area is 78.6 Å². The first-order valence-corrected chi connectivity index (χ1v) is 4.47. The zero-order valence-corrected chi connectivity index (χ0v) is 8.65. The maximum absolute atomic E-state index is 9.30. The van der Waals surface area contributed by atoms with E-state index in [0.717, 1.165) is 5.69 Å². The lowest BCUT2D eigenvalue weighted by atomic mass is 9.84. The van der Waals surface area contributed by atoms with Crippen LogP contribution in [0.2, 0.25) is 0 Å². The molecule has 74 valence electrons. The molecule has 1 atom stereocenters. The lowest BCUT2D eigenvalue weighted by Crippen LogP contribution is -2.23. The third-order valence-corrected chi connectivity index (χ3v) is 2.10. The molecular weight excluding hydrogens is 166 g/mol. The quantitative estimate of drug-likeness (QED) is 0.756. The van der Waals surface area contributed by atoms with E-state index in [1.165, 1.54) is 0 Å². The van der Waals surface area contributed by atoms with Crippen molar-refractivity contribution in [1.82, 2.24) is 15.0 Å². The van der Waals surface area contributed by atoms with Gasteiger partial charge in [0.25, 0.3) is 0 Å². The number of aliphatic hydroxyl groups is 1. The van der Waals surface area contributed by atoms with Gasteiger partial charge in [-0.2, -0.15) is 0 Å². The third-order valence-electron chi connectivity index (χ3n) is 2.10. The van der Waals surface area contributed by atoms with Gasteiger partial charge in [-0.25, -0.2) is 0 Å². The molecule has 0 radical (unpaired) electrons. The van der Waals surface area contributed by atoms with E-state index in [9.17, 15) is 5.11 Å². The normalized spacial score (nSPS) is 14.5. The predicted octanol–water partition coefficient (Wildman–Crippen LogP) is 0.864. The first-order chi connectivity index (χ1) is 5.92. The molecule has 0 spiro atoms. The smallest absolute Gasteiger partial charge is 0.0884 e. The minimum atomic E-state index is -0.308. The number of aryl methyl sites for hydroxylation is 1. The second-order valence-electron chi connectivity index (χ2n) is 4.21. The van der Waals surface area contributed by atoms with E-state index >= 15 is 0 Å². The third kappa shape index (κ3) is 2.52. The Bertz CT molecular complexity index is 278.